The third-order valence-corrected chi connectivity index (χ3v) is 3.94. The highest BCUT2D eigenvalue weighted by Gasteiger charge is 2.45. The van der Waals surface area contributed by atoms with E-state index in [1.165, 1.54) is 0 Å². The van der Waals surface area contributed by atoms with Gasteiger partial charge in [0.2, 0.25) is 5.91 Å². The lowest BCUT2D eigenvalue weighted by molar-refractivity contribution is -0.273. The van der Waals surface area contributed by atoms with E-state index in [1.807, 2.05) is 37.3 Å². The van der Waals surface area contributed by atoms with Crippen molar-refractivity contribution in [2.24, 2.45) is 0 Å². The van der Waals surface area contributed by atoms with E-state index in [4.69, 9.17) is 9.47 Å². The predicted molar refractivity (Wildman–Crippen MR) is 85.8 cm³/mol. The number of carbonyl (C=O) groups is 1. The lowest BCUT2D eigenvalue weighted by atomic mass is 9.96. The Labute approximate surface area is 141 Å². The van der Waals surface area contributed by atoms with Crippen molar-refractivity contribution in [1.82, 2.24) is 5.32 Å². The van der Waals surface area contributed by atoms with Crippen molar-refractivity contribution in [2.45, 2.75) is 57.0 Å². The van der Waals surface area contributed by atoms with Gasteiger partial charge in [-0.25, -0.2) is 0 Å². The van der Waals surface area contributed by atoms with Crippen molar-refractivity contribution in [3.8, 4) is 0 Å². The summed E-state index contributed by atoms with van der Waals surface area (Å²) in [6.07, 6.45) is -3.58. The van der Waals surface area contributed by atoms with Crippen molar-refractivity contribution in [3.63, 3.8) is 0 Å². The van der Waals surface area contributed by atoms with Crippen LogP contribution in [-0.2, 0) is 20.9 Å². The van der Waals surface area contributed by atoms with Crippen molar-refractivity contribution < 1.29 is 29.6 Å². The van der Waals surface area contributed by atoms with Crippen LogP contribution in [0.3, 0.4) is 0 Å². The van der Waals surface area contributed by atoms with Crippen LogP contribution in [0, 0.1) is 0 Å². The normalized spacial score (nSPS) is 30.1. The quantitative estimate of drug-likeness (QED) is 0.554. The second-order valence-corrected chi connectivity index (χ2v) is 5.85. The molecule has 1 fully saturated rings. The van der Waals surface area contributed by atoms with Crippen LogP contribution < -0.4 is 5.32 Å². The van der Waals surface area contributed by atoms with Crippen LogP contribution in [0.1, 0.15) is 25.3 Å². The molecule has 0 bridgehead atoms. The van der Waals surface area contributed by atoms with Gasteiger partial charge in [-0.05, 0) is 12.0 Å². The Bertz CT molecular complexity index is 511. The highest BCUT2D eigenvalue weighted by molar-refractivity contribution is 5.76. The van der Waals surface area contributed by atoms with Crippen LogP contribution in [0.2, 0.25) is 0 Å². The summed E-state index contributed by atoms with van der Waals surface area (Å²) in [7, 11) is 0. The van der Waals surface area contributed by atoms with Crippen molar-refractivity contribution in [2.75, 3.05) is 6.61 Å². The maximum Gasteiger partial charge on any atom is 0.220 e. The average Bonchev–Trinajstić information content (AvgIpc) is 2.59. The van der Waals surface area contributed by atoms with Gasteiger partial charge in [0.1, 0.15) is 24.4 Å². The van der Waals surface area contributed by atoms with E-state index in [9.17, 15) is 20.1 Å². The van der Waals surface area contributed by atoms with Crippen molar-refractivity contribution in [1.29, 1.82) is 0 Å². The zero-order valence-electron chi connectivity index (χ0n) is 13.7. The Morgan fingerprint density at radius 3 is 2.58 bits per heavy atom. The zero-order valence-corrected chi connectivity index (χ0v) is 13.7. The van der Waals surface area contributed by atoms with E-state index in [-0.39, 0.29) is 12.5 Å². The molecule has 0 unspecified atom stereocenters. The minimum Gasteiger partial charge on any atom is -0.394 e. The van der Waals surface area contributed by atoms with Crippen LogP contribution in [0.25, 0.3) is 0 Å². The summed E-state index contributed by atoms with van der Waals surface area (Å²) in [5.41, 5.74) is 0.904. The van der Waals surface area contributed by atoms with Gasteiger partial charge in [-0.3, -0.25) is 4.79 Å². The van der Waals surface area contributed by atoms with Gasteiger partial charge < -0.3 is 30.1 Å². The van der Waals surface area contributed by atoms with E-state index in [2.05, 4.69) is 5.32 Å². The van der Waals surface area contributed by atoms with Crippen LogP contribution in [0.15, 0.2) is 30.3 Å². The number of hydrogen-bond donors (Lipinski definition) is 4. The van der Waals surface area contributed by atoms with Crippen molar-refractivity contribution >= 4 is 5.91 Å². The van der Waals surface area contributed by atoms with E-state index in [0.29, 0.717) is 12.8 Å². The molecule has 2 rings (SSSR count). The summed E-state index contributed by atoms with van der Waals surface area (Å²) < 4.78 is 11.2. The number of amides is 1. The van der Waals surface area contributed by atoms with E-state index in [1.54, 1.807) is 0 Å². The highest BCUT2D eigenvalue weighted by Crippen LogP contribution is 2.23. The van der Waals surface area contributed by atoms with E-state index in [0.717, 1.165) is 5.56 Å². The Hall–Kier alpha value is -1.51. The molecule has 0 aromatic heterocycles. The topological polar surface area (TPSA) is 108 Å². The summed E-state index contributed by atoms with van der Waals surface area (Å²) in [6.45, 7) is 1.62. The molecule has 5 atom stereocenters. The second kappa shape index (κ2) is 9.10. The molecule has 1 aromatic rings. The number of ether oxygens (including phenoxy) is 2. The Morgan fingerprint density at radius 2 is 1.96 bits per heavy atom. The van der Waals surface area contributed by atoms with Gasteiger partial charge in [0.15, 0.2) is 6.29 Å². The highest BCUT2D eigenvalue weighted by atomic mass is 16.7. The van der Waals surface area contributed by atoms with Gasteiger partial charge in [0.25, 0.3) is 0 Å². The molecule has 0 spiro atoms. The molecule has 1 aliphatic rings. The maximum atomic E-state index is 11.9. The van der Waals surface area contributed by atoms with Gasteiger partial charge in [0, 0.05) is 6.42 Å². The maximum absolute atomic E-state index is 11.9. The number of hydrogen-bond acceptors (Lipinski definition) is 6. The first-order chi connectivity index (χ1) is 11.6. The molecule has 134 valence electrons. The molecule has 1 saturated heterocycles. The lowest BCUT2D eigenvalue weighted by Gasteiger charge is -2.42. The fourth-order valence-corrected chi connectivity index (χ4v) is 2.62. The third-order valence-electron chi connectivity index (χ3n) is 3.94. The number of rotatable bonds is 7. The number of aliphatic hydroxyl groups is 3. The Morgan fingerprint density at radius 1 is 1.25 bits per heavy atom. The third kappa shape index (κ3) is 4.75. The molecule has 1 aliphatic heterocycles. The van der Waals surface area contributed by atoms with Crippen LogP contribution in [-0.4, -0.2) is 58.5 Å². The lowest BCUT2D eigenvalue weighted by Crippen LogP contribution is -2.64. The van der Waals surface area contributed by atoms with Crippen molar-refractivity contribution in [3.05, 3.63) is 35.9 Å². The number of benzene rings is 1. The number of aliphatic hydroxyl groups excluding tert-OH is 3. The summed E-state index contributed by atoms with van der Waals surface area (Å²) in [4.78, 5) is 11.9. The molecule has 1 amide bonds. The largest absolute Gasteiger partial charge is 0.394 e. The minimum absolute atomic E-state index is 0.215. The second-order valence-electron chi connectivity index (χ2n) is 5.85. The molecule has 0 saturated carbocycles. The molecular formula is C17H25NO6. The van der Waals surface area contributed by atoms with E-state index < -0.39 is 37.3 Å². The number of nitrogens with one attached hydrogen (secondary N) is 1. The molecule has 0 radical (unpaired) electrons. The molecule has 4 N–H and O–H groups in total. The Balaban J connectivity index is 2.07. The molecule has 1 aromatic carbocycles. The molecular weight excluding hydrogens is 314 g/mol. The zero-order chi connectivity index (χ0) is 17.5. The standard InChI is InChI=1S/C17H25NO6/c1-2-6-13(20)18-14-16(22)15(21)12(9-19)24-17(14)23-10-11-7-4-3-5-8-11/h3-5,7-8,12,14-17,19,21-22H,2,6,9-10H2,1H3,(H,18,20)/t12-,14-,15-,16-,17-/m1/s1. The monoisotopic (exact) mass is 339 g/mol. The van der Waals surface area contributed by atoms with Crippen LogP contribution in [0.5, 0.6) is 0 Å². The summed E-state index contributed by atoms with van der Waals surface area (Å²) in [5, 5.41) is 32.2. The summed E-state index contributed by atoms with van der Waals surface area (Å²) >= 11 is 0. The van der Waals surface area contributed by atoms with Gasteiger partial charge in [-0.1, -0.05) is 37.3 Å². The van der Waals surface area contributed by atoms with Gasteiger partial charge in [-0.15, -0.1) is 0 Å². The predicted octanol–water partition coefficient (Wildman–Crippen LogP) is -0.0729. The first-order valence-corrected chi connectivity index (χ1v) is 8.14. The molecule has 7 nitrogen and oxygen atoms in total. The van der Waals surface area contributed by atoms with E-state index >= 15 is 0 Å². The van der Waals surface area contributed by atoms with Crippen LogP contribution >= 0.6 is 0 Å². The van der Waals surface area contributed by atoms with Crippen LogP contribution in [0.4, 0.5) is 0 Å². The number of carbonyl (C=O) groups excluding carboxylic acids is 1. The first kappa shape index (κ1) is 18.8. The molecule has 0 aliphatic carbocycles. The Kier molecular flexibility index (Phi) is 7.14. The van der Waals surface area contributed by atoms with Gasteiger partial charge in [0.05, 0.1) is 13.2 Å². The first-order valence-electron chi connectivity index (χ1n) is 8.14. The summed E-state index contributed by atoms with van der Waals surface area (Å²) in [6, 6.07) is 8.47. The fraction of sp³-hybridized carbons (Fsp3) is 0.588. The van der Waals surface area contributed by atoms with Gasteiger partial charge in [-0.2, -0.15) is 0 Å². The minimum atomic E-state index is -1.31. The fourth-order valence-electron chi connectivity index (χ4n) is 2.62. The SMILES string of the molecule is CCCC(=O)N[C@H]1[C@H](OCc2ccccc2)O[C@H](CO)[C@@H](O)[C@@H]1O. The molecule has 1 heterocycles. The average molecular weight is 339 g/mol. The smallest absolute Gasteiger partial charge is 0.220 e. The molecule has 24 heavy (non-hydrogen) atoms. The van der Waals surface area contributed by atoms with Gasteiger partial charge >= 0.3 is 0 Å². The summed E-state index contributed by atoms with van der Waals surface area (Å²) in [5.74, 6) is -0.256. The molecule has 7 heteroatoms.